The normalized spacial score (nSPS) is 11.6. The number of thioether (sulfide) groups is 1. The topological polar surface area (TPSA) is 91.3 Å². The monoisotopic (exact) mass is 374 g/mol. The molecule has 1 aromatic heterocycles. The Labute approximate surface area is 157 Å². The smallest absolute Gasteiger partial charge is 0.245 e. The van der Waals surface area contributed by atoms with Gasteiger partial charge in [0.15, 0.2) is 10.9 Å². The molecule has 0 aliphatic heterocycles. The van der Waals surface area contributed by atoms with E-state index >= 15 is 0 Å². The number of hydrogen-bond acceptors (Lipinski definition) is 8. The van der Waals surface area contributed by atoms with Crippen LogP contribution in [-0.4, -0.2) is 60.1 Å². The van der Waals surface area contributed by atoms with Gasteiger partial charge in [0.1, 0.15) is 5.25 Å². The summed E-state index contributed by atoms with van der Waals surface area (Å²) in [5, 5.41) is 2.11. The van der Waals surface area contributed by atoms with Gasteiger partial charge < -0.3 is 15.1 Å². The summed E-state index contributed by atoms with van der Waals surface area (Å²) in [6, 6.07) is 8.99. The number of Topliss-reactive ketones (excluding diaryl/α,β-unsaturated/α-hetero) is 1. The number of nitrogens with one attached hydrogen (secondary N) is 1. The Hall–Kier alpha value is -2.68. The molecule has 26 heavy (non-hydrogen) atoms. The van der Waals surface area contributed by atoms with Gasteiger partial charge >= 0.3 is 0 Å². The van der Waals surface area contributed by atoms with Crippen LogP contribution in [0, 0.1) is 0 Å². The lowest BCUT2D eigenvalue weighted by Gasteiger charge is -2.17. The van der Waals surface area contributed by atoms with E-state index in [0.29, 0.717) is 22.7 Å². The van der Waals surface area contributed by atoms with Crippen LogP contribution in [0.15, 0.2) is 35.5 Å². The van der Waals surface area contributed by atoms with Crippen LogP contribution < -0.4 is 15.1 Å². The molecule has 1 atom stereocenters. The Bertz CT molecular complexity index is 756. The summed E-state index contributed by atoms with van der Waals surface area (Å²) in [6.45, 7) is 1.38. The molecule has 0 spiro atoms. The molecule has 2 rings (SSSR count). The fourth-order valence-electron chi connectivity index (χ4n) is 1.94. The van der Waals surface area contributed by atoms with Crippen LogP contribution in [0.25, 0.3) is 0 Å². The summed E-state index contributed by atoms with van der Waals surface area (Å²) < 4.78 is 0. The number of para-hydroxylation sites is 1. The van der Waals surface area contributed by atoms with Gasteiger partial charge in [0.05, 0.1) is 0 Å². The molecule has 0 unspecified atom stereocenters. The van der Waals surface area contributed by atoms with Crippen LogP contribution in [0.3, 0.4) is 0 Å². The van der Waals surface area contributed by atoms with Crippen molar-refractivity contribution in [1.82, 2.24) is 15.0 Å². The van der Waals surface area contributed by atoms with Gasteiger partial charge in [0.25, 0.3) is 0 Å². The Morgan fingerprint density at radius 3 is 1.96 bits per heavy atom. The summed E-state index contributed by atoms with van der Waals surface area (Å²) in [5.74, 6) is 0.225. The number of aromatic nitrogens is 3. The van der Waals surface area contributed by atoms with Crippen molar-refractivity contribution < 1.29 is 9.59 Å². The van der Waals surface area contributed by atoms with Crippen molar-refractivity contribution in [2.45, 2.75) is 17.3 Å². The lowest BCUT2D eigenvalue weighted by molar-refractivity contribution is -0.123. The molecule has 0 bridgehead atoms. The van der Waals surface area contributed by atoms with Crippen molar-refractivity contribution >= 4 is 41.0 Å². The first kappa shape index (κ1) is 19.6. The van der Waals surface area contributed by atoms with E-state index in [9.17, 15) is 9.59 Å². The first-order chi connectivity index (χ1) is 12.3. The molecule has 1 N–H and O–H groups in total. The van der Waals surface area contributed by atoms with Gasteiger partial charge in [-0.3, -0.25) is 9.59 Å². The fourth-order valence-corrected chi connectivity index (χ4v) is 2.76. The minimum Gasteiger partial charge on any atom is -0.347 e. The molecule has 0 radical (unpaired) electrons. The average molecular weight is 374 g/mol. The maximum Gasteiger partial charge on any atom is 0.245 e. The Morgan fingerprint density at radius 2 is 1.50 bits per heavy atom. The van der Waals surface area contributed by atoms with Crippen molar-refractivity contribution in [1.29, 1.82) is 0 Å². The maximum absolute atomic E-state index is 12.6. The molecule has 0 aliphatic rings. The molecule has 1 aromatic carbocycles. The van der Waals surface area contributed by atoms with Gasteiger partial charge in [0, 0.05) is 33.9 Å². The van der Waals surface area contributed by atoms with Gasteiger partial charge in [-0.1, -0.05) is 30.0 Å². The number of rotatable bonds is 7. The molecule has 1 amide bonds. The van der Waals surface area contributed by atoms with Crippen molar-refractivity contribution in [3.05, 3.63) is 30.3 Å². The number of carbonyl (C=O) groups is 2. The van der Waals surface area contributed by atoms with Crippen LogP contribution in [0.5, 0.6) is 0 Å². The van der Waals surface area contributed by atoms with Crippen LogP contribution in [0.2, 0.25) is 0 Å². The molecule has 0 fully saturated rings. The molecule has 0 saturated carbocycles. The van der Waals surface area contributed by atoms with Crippen molar-refractivity contribution in [2.75, 3.05) is 43.3 Å². The fraction of sp³-hybridized carbons (Fsp3) is 0.353. The largest absolute Gasteiger partial charge is 0.347 e. The zero-order valence-electron chi connectivity index (χ0n) is 15.4. The second-order valence-corrected chi connectivity index (χ2v) is 7.04. The van der Waals surface area contributed by atoms with Crippen LogP contribution in [0.4, 0.5) is 17.6 Å². The summed E-state index contributed by atoms with van der Waals surface area (Å²) in [7, 11) is 7.25. The Morgan fingerprint density at radius 1 is 0.962 bits per heavy atom. The SMILES string of the molecule is CC(=O)[C@H](Sc1nc(N(C)C)nc(N(C)C)n1)C(=O)Nc1ccccc1. The van der Waals surface area contributed by atoms with E-state index in [2.05, 4.69) is 20.3 Å². The van der Waals surface area contributed by atoms with E-state index in [0.717, 1.165) is 11.8 Å². The zero-order valence-corrected chi connectivity index (χ0v) is 16.2. The van der Waals surface area contributed by atoms with E-state index in [-0.39, 0.29) is 5.78 Å². The van der Waals surface area contributed by atoms with E-state index in [1.807, 2.05) is 46.4 Å². The predicted octanol–water partition coefficient (Wildman–Crippen LogP) is 1.69. The van der Waals surface area contributed by atoms with Gasteiger partial charge in [-0.05, 0) is 19.1 Å². The number of nitrogens with zero attached hydrogens (tertiary/aromatic N) is 5. The number of anilines is 3. The van der Waals surface area contributed by atoms with Crippen molar-refractivity contribution in [3.8, 4) is 0 Å². The Kier molecular flexibility index (Phi) is 6.51. The van der Waals surface area contributed by atoms with Crippen LogP contribution in [0.1, 0.15) is 6.92 Å². The number of amides is 1. The van der Waals surface area contributed by atoms with Gasteiger partial charge in [-0.15, -0.1) is 0 Å². The number of benzene rings is 1. The zero-order chi connectivity index (χ0) is 19.3. The quantitative estimate of drug-likeness (QED) is 0.578. The third-order valence-corrected chi connectivity index (χ3v) is 4.44. The molecule has 0 saturated heterocycles. The van der Waals surface area contributed by atoms with E-state index in [1.165, 1.54) is 6.92 Å². The lowest BCUT2D eigenvalue weighted by Crippen LogP contribution is -2.31. The summed E-state index contributed by atoms with van der Waals surface area (Å²) >= 11 is 1.01. The van der Waals surface area contributed by atoms with E-state index in [1.54, 1.807) is 21.9 Å². The predicted molar refractivity (Wildman–Crippen MR) is 104 cm³/mol. The summed E-state index contributed by atoms with van der Waals surface area (Å²) in [4.78, 5) is 41.1. The highest BCUT2D eigenvalue weighted by Gasteiger charge is 2.27. The van der Waals surface area contributed by atoms with E-state index in [4.69, 9.17) is 0 Å². The molecule has 138 valence electrons. The first-order valence-corrected chi connectivity index (χ1v) is 8.79. The number of carbonyl (C=O) groups excluding carboxylic acids is 2. The molecule has 8 nitrogen and oxygen atoms in total. The lowest BCUT2D eigenvalue weighted by atomic mass is 10.2. The van der Waals surface area contributed by atoms with Crippen molar-refractivity contribution in [3.63, 3.8) is 0 Å². The van der Waals surface area contributed by atoms with Gasteiger partial charge in [0.2, 0.25) is 17.8 Å². The molecule has 2 aromatic rings. The third kappa shape index (κ3) is 5.16. The minimum atomic E-state index is -0.956. The molecule has 9 heteroatoms. The Balaban J connectivity index is 2.26. The summed E-state index contributed by atoms with van der Waals surface area (Å²) in [5.41, 5.74) is 0.628. The highest BCUT2D eigenvalue weighted by atomic mass is 32.2. The number of ketones is 1. The molecule has 1 heterocycles. The molecule has 0 aliphatic carbocycles. The average Bonchev–Trinajstić information content (AvgIpc) is 2.59. The van der Waals surface area contributed by atoms with Gasteiger partial charge in [-0.25, -0.2) is 0 Å². The maximum atomic E-state index is 12.6. The second-order valence-electron chi connectivity index (χ2n) is 5.97. The molecular formula is C17H22N6O2S. The minimum absolute atomic E-state index is 0.276. The summed E-state index contributed by atoms with van der Waals surface area (Å²) in [6.07, 6.45) is 0. The van der Waals surface area contributed by atoms with Crippen LogP contribution in [-0.2, 0) is 9.59 Å². The second kappa shape index (κ2) is 8.61. The first-order valence-electron chi connectivity index (χ1n) is 7.91. The van der Waals surface area contributed by atoms with Gasteiger partial charge in [-0.2, -0.15) is 15.0 Å². The van der Waals surface area contributed by atoms with Crippen molar-refractivity contribution in [2.24, 2.45) is 0 Å². The highest BCUT2D eigenvalue weighted by Crippen LogP contribution is 2.25. The number of hydrogen-bond donors (Lipinski definition) is 1. The third-order valence-electron chi connectivity index (χ3n) is 3.26. The standard InChI is InChI=1S/C17H22N6O2S/c1-11(24)13(14(25)18-12-9-7-6-8-10-12)26-17-20-15(22(2)3)19-16(21-17)23(4)5/h6-10,13H,1-5H3,(H,18,25)/t13-/m0/s1. The van der Waals surface area contributed by atoms with Crippen LogP contribution >= 0.6 is 11.8 Å². The molecular weight excluding hydrogens is 352 g/mol. The highest BCUT2D eigenvalue weighted by molar-refractivity contribution is 8.01. The van der Waals surface area contributed by atoms with E-state index < -0.39 is 11.2 Å².